The molecule has 0 saturated heterocycles. The van der Waals surface area contributed by atoms with E-state index in [1.807, 2.05) is 20.8 Å². The summed E-state index contributed by atoms with van der Waals surface area (Å²) in [7, 11) is 0. The van der Waals surface area contributed by atoms with Crippen molar-refractivity contribution in [3.05, 3.63) is 0 Å². The van der Waals surface area contributed by atoms with Crippen LogP contribution < -0.4 is 5.32 Å². The predicted octanol–water partition coefficient (Wildman–Crippen LogP) is 2.15. The van der Waals surface area contributed by atoms with Crippen LogP contribution in [0.15, 0.2) is 0 Å². The van der Waals surface area contributed by atoms with Gasteiger partial charge < -0.3 is 10.1 Å². The van der Waals surface area contributed by atoms with Crippen LogP contribution >= 0.6 is 0 Å². The fraction of sp³-hybridized carbons (Fsp3) is 0.833. The highest BCUT2D eigenvalue weighted by Gasteiger charge is 2.04. The molecule has 0 aromatic rings. The largest absolute Gasteiger partial charge is 0.356 e. The molecule has 1 N–H and O–H groups in total. The Hall–Kier alpha value is -0.860. The van der Waals surface area contributed by atoms with Crippen molar-refractivity contribution in [2.75, 3.05) is 6.54 Å². The van der Waals surface area contributed by atoms with E-state index in [-0.39, 0.29) is 17.7 Å². The zero-order valence-electron chi connectivity index (χ0n) is 10.1. The average molecular weight is 213 g/mol. The number of rotatable bonds is 8. The summed E-state index contributed by atoms with van der Waals surface area (Å²) < 4.78 is 0. The molecule has 0 aliphatic heterocycles. The predicted molar refractivity (Wildman–Crippen MR) is 61.5 cm³/mol. The standard InChI is InChI=1S/C12H23NO2/c1-10(2)12(15)13-8-6-4-5-7-11(3)9-14/h9-11H,4-8H2,1-3H3,(H,13,15). The number of unbranched alkanes of at least 4 members (excludes halogenated alkanes) is 2. The zero-order chi connectivity index (χ0) is 11.7. The molecular formula is C12H23NO2. The number of nitrogens with one attached hydrogen (secondary N) is 1. The third kappa shape index (κ3) is 8.16. The first-order valence-electron chi connectivity index (χ1n) is 5.81. The van der Waals surface area contributed by atoms with Crippen molar-refractivity contribution in [1.82, 2.24) is 5.32 Å². The molecule has 0 aliphatic rings. The maximum atomic E-state index is 11.2. The van der Waals surface area contributed by atoms with Crippen molar-refractivity contribution >= 4 is 12.2 Å². The Morgan fingerprint density at radius 3 is 2.40 bits per heavy atom. The molecule has 1 unspecified atom stereocenters. The topological polar surface area (TPSA) is 46.2 Å². The summed E-state index contributed by atoms with van der Waals surface area (Å²) in [5.74, 6) is 0.367. The van der Waals surface area contributed by atoms with Gasteiger partial charge in [0.2, 0.25) is 5.91 Å². The smallest absolute Gasteiger partial charge is 0.222 e. The minimum Gasteiger partial charge on any atom is -0.356 e. The molecule has 88 valence electrons. The first-order valence-corrected chi connectivity index (χ1v) is 5.81. The van der Waals surface area contributed by atoms with Gasteiger partial charge in [0.25, 0.3) is 0 Å². The van der Waals surface area contributed by atoms with Crippen LogP contribution in [0, 0.1) is 11.8 Å². The van der Waals surface area contributed by atoms with Crippen molar-refractivity contribution in [2.45, 2.75) is 46.5 Å². The molecule has 0 spiro atoms. The Kier molecular flexibility index (Phi) is 7.96. The van der Waals surface area contributed by atoms with E-state index in [0.717, 1.165) is 38.5 Å². The quantitative estimate of drug-likeness (QED) is 0.496. The number of hydrogen-bond acceptors (Lipinski definition) is 2. The number of carbonyl (C=O) groups is 2. The molecule has 3 nitrogen and oxygen atoms in total. The highest BCUT2D eigenvalue weighted by molar-refractivity contribution is 5.77. The van der Waals surface area contributed by atoms with Gasteiger partial charge in [0.15, 0.2) is 0 Å². The molecule has 0 aromatic heterocycles. The molecule has 0 fully saturated rings. The minimum absolute atomic E-state index is 0.0695. The molecule has 1 amide bonds. The van der Waals surface area contributed by atoms with E-state index in [9.17, 15) is 9.59 Å². The van der Waals surface area contributed by atoms with Gasteiger partial charge in [0.1, 0.15) is 6.29 Å². The fourth-order valence-corrected chi connectivity index (χ4v) is 1.25. The molecule has 0 aromatic carbocycles. The van der Waals surface area contributed by atoms with Gasteiger partial charge in [-0.05, 0) is 12.8 Å². The van der Waals surface area contributed by atoms with Crippen molar-refractivity contribution in [3.8, 4) is 0 Å². The van der Waals surface area contributed by atoms with Crippen molar-refractivity contribution in [1.29, 1.82) is 0 Å². The van der Waals surface area contributed by atoms with Crippen LogP contribution in [0.1, 0.15) is 46.5 Å². The maximum absolute atomic E-state index is 11.2. The van der Waals surface area contributed by atoms with E-state index in [2.05, 4.69) is 5.32 Å². The van der Waals surface area contributed by atoms with E-state index >= 15 is 0 Å². The van der Waals surface area contributed by atoms with Crippen LogP contribution in [-0.2, 0) is 9.59 Å². The lowest BCUT2D eigenvalue weighted by molar-refractivity contribution is -0.124. The van der Waals surface area contributed by atoms with Crippen LogP contribution in [0.25, 0.3) is 0 Å². The molecular weight excluding hydrogens is 190 g/mol. The number of aldehydes is 1. The van der Waals surface area contributed by atoms with Crippen molar-refractivity contribution < 1.29 is 9.59 Å². The van der Waals surface area contributed by atoms with Crippen molar-refractivity contribution in [2.24, 2.45) is 11.8 Å². The highest BCUT2D eigenvalue weighted by atomic mass is 16.1. The lowest BCUT2D eigenvalue weighted by atomic mass is 10.0. The van der Waals surface area contributed by atoms with Gasteiger partial charge in [-0.15, -0.1) is 0 Å². The first-order chi connectivity index (χ1) is 7.07. The molecule has 0 radical (unpaired) electrons. The second kappa shape index (κ2) is 8.45. The number of hydrogen-bond donors (Lipinski definition) is 1. The van der Waals surface area contributed by atoms with Gasteiger partial charge >= 0.3 is 0 Å². The lowest BCUT2D eigenvalue weighted by Crippen LogP contribution is -2.28. The lowest BCUT2D eigenvalue weighted by Gasteiger charge is -2.07. The van der Waals surface area contributed by atoms with Gasteiger partial charge in [0, 0.05) is 18.4 Å². The number of carbonyl (C=O) groups excluding carboxylic acids is 2. The molecule has 0 saturated carbocycles. The van der Waals surface area contributed by atoms with Gasteiger partial charge in [-0.3, -0.25) is 4.79 Å². The summed E-state index contributed by atoms with van der Waals surface area (Å²) in [5.41, 5.74) is 0. The summed E-state index contributed by atoms with van der Waals surface area (Å²) in [4.78, 5) is 21.5. The van der Waals surface area contributed by atoms with Crippen LogP contribution in [0.3, 0.4) is 0 Å². The first kappa shape index (κ1) is 14.1. The Morgan fingerprint density at radius 2 is 1.87 bits per heavy atom. The Morgan fingerprint density at radius 1 is 1.20 bits per heavy atom. The maximum Gasteiger partial charge on any atom is 0.222 e. The minimum atomic E-state index is 0.0695. The third-order valence-corrected chi connectivity index (χ3v) is 2.39. The SMILES string of the molecule is CC(C=O)CCCCCNC(=O)C(C)C. The molecule has 0 bridgehead atoms. The molecule has 0 heterocycles. The summed E-state index contributed by atoms with van der Waals surface area (Å²) in [6, 6.07) is 0. The zero-order valence-corrected chi connectivity index (χ0v) is 10.1. The van der Waals surface area contributed by atoms with E-state index in [1.165, 1.54) is 0 Å². The summed E-state index contributed by atoms with van der Waals surface area (Å²) >= 11 is 0. The van der Waals surface area contributed by atoms with Gasteiger partial charge in [-0.25, -0.2) is 0 Å². The Bertz CT molecular complexity index is 190. The van der Waals surface area contributed by atoms with Crippen LogP contribution in [0.5, 0.6) is 0 Å². The summed E-state index contributed by atoms with van der Waals surface area (Å²) in [5, 5.41) is 2.88. The molecule has 1 atom stereocenters. The van der Waals surface area contributed by atoms with E-state index in [0.29, 0.717) is 0 Å². The van der Waals surface area contributed by atoms with E-state index < -0.39 is 0 Å². The Balaban J connectivity index is 3.25. The van der Waals surface area contributed by atoms with E-state index in [1.54, 1.807) is 0 Å². The summed E-state index contributed by atoms with van der Waals surface area (Å²) in [6.07, 6.45) is 5.11. The van der Waals surface area contributed by atoms with Crippen LogP contribution in [0.4, 0.5) is 0 Å². The fourth-order valence-electron chi connectivity index (χ4n) is 1.25. The van der Waals surface area contributed by atoms with Crippen LogP contribution in [0.2, 0.25) is 0 Å². The average Bonchev–Trinajstić information content (AvgIpc) is 2.22. The summed E-state index contributed by atoms with van der Waals surface area (Å²) in [6.45, 7) is 6.47. The molecule has 15 heavy (non-hydrogen) atoms. The normalized spacial score (nSPS) is 12.5. The second-order valence-corrected chi connectivity index (χ2v) is 4.41. The third-order valence-electron chi connectivity index (χ3n) is 2.39. The second-order valence-electron chi connectivity index (χ2n) is 4.41. The van der Waals surface area contributed by atoms with E-state index in [4.69, 9.17) is 0 Å². The van der Waals surface area contributed by atoms with Gasteiger partial charge in [0.05, 0.1) is 0 Å². The highest BCUT2D eigenvalue weighted by Crippen LogP contribution is 2.06. The van der Waals surface area contributed by atoms with Gasteiger partial charge in [-0.1, -0.05) is 33.6 Å². The molecule has 3 heteroatoms. The molecule has 0 aliphatic carbocycles. The van der Waals surface area contributed by atoms with Crippen LogP contribution in [-0.4, -0.2) is 18.7 Å². The van der Waals surface area contributed by atoms with Crippen molar-refractivity contribution in [3.63, 3.8) is 0 Å². The monoisotopic (exact) mass is 213 g/mol. The molecule has 0 rings (SSSR count). The van der Waals surface area contributed by atoms with Gasteiger partial charge in [-0.2, -0.15) is 0 Å². The number of amides is 1. The Labute approximate surface area is 92.6 Å².